The second-order valence-corrected chi connectivity index (χ2v) is 7.56. The highest BCUT2D eigenvalue weighted by Gasteiger charge is 2.26. The van der Waals surface area contributed by atoms with Gasteiger partial charge in [0.2, 0.25) is 5.91 Å². The lowest BCUT2D eigenvalue weighted by atomic mass is 10.0. The summed E-state index contributed by atoms with van der Waals surface area (Å²) in [6, 6.07) is 0. The number of nitrogens with zero attached hydrogens (tertiary/aromatic N) is 1. The van der Waals surface area contributed by atoms with Crippen molar-refractivity contribution in [2.24, 2.45) is 11.7 Å². The van der Waals surface area contributed by atoms with Gasteiger partial charge in [-0.2, -0.15) is 0 Å². The first-order valence-electron chi connectivity index (χ1n) is 8.01. The van der Waals surface area contributed by atoms with Crippen molar-refractivity contribution in [2.75, 3.05) is 25.0 Å². The summed E-state index contributed by atoms with van der Waals surface area (Å²) in [5, 5.41) is 3.57. The van der Waals surface area contributed by atoms with Gasteiger partial charge in [0.15, 0.2) is 0 Å². The minimum absolute atomic E-state index is 0.0449. The van der Waals surface area contributed by atoms with E-state index in [9.17, 15) is 9.59 Å². The minimum atomic E-state index is -0.429. The average Bonchev–Trinajstić information content (AvgIpc) is 2.97. The van der Waals surface area contributed by atoms with Crippen LogP contribution in [0.25, 0.3) is 0 Å². The smallest absolute Gasteiger partial charge is 0.251 e. The zero-order valence-electron chi connectivity index (χ0n) is 13.0. The van der Waals surface area contributed by atoms with Gasteiger partial charge < -0.3 is 11.1 Å². The average molecular weight is 321 g/mol. The lowest BCUT2D eigenvalue weighted by molar-refractivity contribution is -0.117. The molecule has 0 bridgehead atoms. The van der Waals surface area contributed by atoms with Gasteiger partial charge in [-0.15, -0.1) is 11.3 Å². The fraction of sp³-hybridized carbons (Fsp3) is 0.625. The number of fused-ring (bicyclic) bond motifs is 1. The molecule has 0 saturated carbocycles. The third-order valence-corrected chi connectivity index (χ3v) is 5.74. The Hall–Kier alpha value is -1.40. The molecule has 2 amide bonds. The van der Waals surface area contributed by atoms with Crippen LogP contribution in [0.2, 0.25) is 0 Å². The Morgan fingerprint density at radius 1 is 1.36 bits per heavy atom. The third kappa shape index (κ3) is 3.17. The van der Waals surface area contributed by atoms with Gasteiger partial charge in [0.1, 0.15) is 5.00 Å². The molecule has 120 valence electrons. The molecule has 1 aromatic rings. The number of aryl methyl sites for hydroxylation is 1. The summed E-state index contributed by atoms with van der Waals surface area (Å²) >= 11 is 1.52. The van der Waals surface area contributed by atoms with Crippen LogP contribution in [0.4, 0.5) is 5.00 Å². The van der Waals surface area contributed by atoms with E-state index in [-0.39, 0.29) is 5.91 Å². The lowest BCUT2D eigenvalue weighted by Gasteiger charge is -2.30. The van der Waals surface area contributed by atoms with E-state index in [4.69, 9.17) is 5.73 Å². The monoisotopic (exact) mass is 321 g/mol. The van der Waals surface area contributed by atoms with Crippen LogP contribution in [0.5, 0.6) is 0 Å². The van der Waals surface area contributed by atoms with Crippen molar-refractivity contribution in [1.29, 1.82) is 0 Å². The number of nitrogens with two attached hydrogens (primary N) is 1. The van der Waals surface area contributed by atoms with Crippen LogP contribution in [-0.2, 0) is 17.6 Å². The number of hydrogen-bond acceptors (Lipinski definition) is 4. The van der Waals surface area contributed by atoms with Crippen molar-refractivity contribution in [1.82, 2.24) is 4.90 Å². The number of rotatable bonds is 4. The second kappa shape index (κ2) is 6.38. The van der Waals surface area contributed by atoms with E-state index < -0.39 is 5.91 Å². The molecule has 1 aromatic heterocycles. The molecule has 1 fully saturated rings. The van der Waals surface area contributed by atoms with Crippen molar-refractivity contribution in [3.63, 3.8) is 0 Å². The molecular formula is C16H23N3O2S. The fourth-order valence-corrected chi connectivity index (χ4v) is 4.86. The van der Waals surface area contributed by atoms with Crippen molar-refractivity contribution < 1.29 is 9.59 Å². The van der Waals surface area contributed by atoms with Crippen molar-refractivity contribution in [3.05, 3.63) is 16.0 Å². The molecule has 1 aliphatic carbocycles. The van der Waals surface area contributed by atoms with Gasteiger partial charge in [0.25, 0.3) is 5.91 Å². The Balaban J connectivity index is 1.68. The van der Waals surface area contributed by atoms with Gasteiger partial charge in [0.05, 0.1) is 12.1 Å². The van der Waals surface area contributed by atoms with Crippen LogP contribution in [0, 0.1) is 5.92 Å². The van der Waals surface area contributed by atoms with Gasteiger partial charge in [-0.3, -0.25) is 14.5 Å². The highest BCUT2D eigenvalue weighted by Crippen LogP contribution is 2.38. The summed E-state index contributed by atoms with van der Waals surface area (Å²) in [5.74, 6) is 0.172. The van der Waals surface area contributed by atoms with E-state index in [1.165, 1.54) is 22.6 Å². The van der Waals surface area contributed by atoms with Gasteiger partial charge in [-0.05, 0) is 50.1 Å². The van der Waals surface area contributed by atoms with Gasteiger partial charge in [-0.1, -0.05) is 6.92 Å². The van der Waals surface area contributed by atoms with Crippen LogP contribution < -0.4 is 11.1 Å². The molecule has 3 N–H and O–H groups in total. The summed E-state index contributed by atoms with van der Waals surface area (Å²) in [6.45, 7) is 4.56. The fourth-order valence-electron chi connectivity index (χ4n) is 3.55. The normalized spacial score (nSPS) is 21.6. The number of amides is 2. The Kier molecular flexibility index (Phi) is 4.49. The first-order valence-corrected chi connectivity index (χ1v) is 8.82. The predicted octanol–water partition coefficient (Wildman–Crippen LogP) is 2.01. The number of primary amides is 1. The molecule has 0 radical (unpaired) electrons. The molecular weight excluding hydrogens is 298 g/mol. The molecule has 0 aromatic carbocycles. The minimum Gasteiger partial charge on any atom is -0.365 e. The van der Waals surface area contributed by atoms with E-state index in [1.807, 2.05) is 0 Å². The molecule has 2 aliphatic rings. The van der Waals surface area contributed by atoms with E-state index in [0.717, 1.165) is 44.3 Å². The zero-order valence-corrected chi connectivity index (χ0v) is 13.8. The number of thiophene rings is 1. The number of carbonyl (C=O) groups is 2. The number of piperidine rings is 1. The predicted molar refractivity (Wildman–Crippen MR) is 88.3 cm³/mol. The van der Waals surface area contributed by atoms with Crippen LogP contribution in [0.15, 0.2) is 0 Å². The van der Waals surface area contributed by atoms with Crippen molar-refractivity contribution in [3.8, 4) is 0 Å². The van der Waals surface area contributed by atoms with E-state index in [2.05, 4.69) is 17.1 Å². The first kappa shape index (κ1) is 15.5. The Morgan fingerprint density at radius 2 is 2.18 bits per heavy atom. The van der Waals surface area contributed by atoms with Crippen LogP contribution >= 0.6 is 11.3 Å². The molecule has 5 nitrogen and oxygen atoms in total. The molecule has 22 heavy (non-hydrogen) atoms. The highest BCUT2D eigenvalue weighted by molar-refractivity contribution is 7.17. The van der Waals surface area contributed by atoms with Crippen molar-refractivity contribution in [2.45, 2.75) is 39.0 Å². The largest absolute Gasteiger partial charge is 0.365 e. The number of carbonyl (C=O) groups excluding carboxylic acids is 2. The maximum Gasteiger partial charge on any atom is 0.251 e. The summed E-state index contributed by atoms with van der Waals surface area (Å²) in [7, 11) is 0. The summed E-state index contributed by atoms with van der Waals surface area (Å²) in [4.78, 5) is 27.4. The molecule has 1 aliphatic heterocycles. The second-order valence-electron chi connectivity index (χ2n) is 6.46. The van der Waals surface area contributed by atoms with Crippen LogP contribution in [-0.4, -0.2) is 36.3 Å². The van der Waals surface area contributed by atoms with E-state index >= 15 is 0 Å². The van der Waals surface area contributed by atoms with Gasteiger partial charge >= 0.3 is 0 Å². The SMILES string of the molecule is CC1CCCN(CC(=O)Nc2sc3c(c2C(N)=O)CCC3)C1. The maximum atomic E-state index is 12.3. The van der Waals surface area contributed by atoms with E-state index in [0.29, 0.717) is 23.0 Å². The standard InChI is InChI=1S/C16H23N3O2S/c1-10-4-3-7-19(8-10)9-13(20)18-16-14(15(17)21)11-5-2-6-12(11)22-16/h10H,2-9H2,1H3,(H2,17,21)(H,18,20). The summed E-state index contributed by atoms with van der Waals surface area (Å²) in [6.07, 6.45) is 5.33. The van der Waals surface area contributed by atoms with Crippen molar-refractivity contribution >= 4 is 28.2 Å². The lowest BCUT2D eigenvalue weighted by Crippen LogP contribution is -2.39. The molecule has 2 heterocycles. The molecule has 0 spiro atoms. The van der Waals surface area contributed by atoms with Gasteiger partial charge in [-0.25, -0.2) is 0 Å². The summed E-state index contributed by atoms with van der Waals surface area (Å²) < 4.78 is 0. The summed E-state index contributed by atoms with van der Waals surface area (Å²) in [5.41, 5.74) is 7.11. The first-order chi connectivity index (χ1) is 10.5. The molecule has 1 atom stereocenters. The molecule has 3 rings (SSSR count). The van der Waals surface area contributed by atoms with Crippen LogP contribution in [0.3, 0.4) is 0 Å². The third-order valence-electron chi connectivity index (χ3n) is 4.53. The van der Waals surface area contributed by atoms with Crippen LogP contribution in [0.1, 0.15) is 47.0 Å². The number of likely N-dealkylation sites (tertiary alicyclic amines) is 1. The molecule has 1 saturated heterocycles. The molecule has 6 heteroatoms. The topological polar surface area (TPSA) is 75.4 Å². The van der Waals surface area contributed by atoms with E-state index in [1.54, 1.807) is 0 Å². The zero-order chi connectivity index (χ0) is 15.7. The number of anilines is 1. The Morgan fingerprint density at radius 3 is 2.91 bits per heavy atom. The Bertz CT molecular complexity index is 596. The Labute approximate surface area is 134 Å². The maximum absolute atomic E-state index is 12.3. The quantitative estimate of drug-likeness (QED) is 0.890. The highest BCUT2D eigenvalue weighted by atomic mass is 32.1. The molecule has 1 unspecified atom stereocenters. The number of hydrogen-bond donors (Lipinski definition) is 2. The van der Waals surface area contributed by atoms with Gasteiger partial charge in [0, 0.05) is 11.4 Å². The number of nitrogens with one attached hydrogen (secondary N) is 1.